The summed E-state index contributed by atoms with van der Waals surface area (Å²) in [6, 6.07) is 0.407. The van der Waals surface area contributed by atoms with Crippen molar-refractivity contribution in [2.24, 2.45) is 5.92 Å². The standard InChI is InChI=1S/C13H26N2O/c1-3-12(11-7-5-4-6-8-11)15-13(16)9-10-14-2/h11-12,14H,3-10H2,1-2H3,(H,15,16). The Balaban J connectivity index is 2.32. The van der Waals surface area contributed by atoms with Crippen LogP contribution in [0, 0.1) is 5.92 Å². The van der Waals surface area contributed by atoms with Gasteiger partial charge in [-0.05, 0) is 32.2 Å². The number of carbonyl (C=O) groups is 1. The lowest BCUT2D eigenvalue weighted by atomic mass is 9.83. The lowest BCUT2D eigenvalue weighted by Gasteiger charge is -2.30. The van der Waals surface area contributed by atoms with Gasteiger partial charge in [0, 0.05) is 19.0 Å². The molecule has 0 spiro atoms. The second-order valence-corrected chi connectivity index (χ2v) is 4.83. The van der Waals surface area contributed by atoms with E-state index in [-0.39, 0.29) is 5.91 Å². The van der Waals surface area contributed by atoms with Crippen LogP contribution in [0.2, 0.25) is 0 Å². The first-order valence-electron chi connectivity index (χ1n) is 6.72. The molecule has 0 aromatic heterocycles. The Morgan fingerprint density at radius 3 is 2.56 bits per heavy atom. The average Bonchev–Trinajstić information content (AvgIpc) is 2.34. The van der Waals surface area contributed by atoms with Gasteiger partial charge in [-0.2, -0.15) is 0 Å². The predicted octanol–water partition coefficient (Wildman–Crippen LogP) is 2.07. The number of hydrogen-bond acceptors (Lipinski definition) is 2. The first kappa shape index (κ1) is 13.5. The van der Waals surface area contributed by atoms with E-state index in [0.717, 1.165) is 18.9 Å². The second-order valence-electron chi connectivity index (χ2n) is 4.83. The molecule has 0 aromatic rings. The van der Waals surface area contributed by atoms with Crippen molar-refractivity contribution in [3.63, 3.8) is 0 Å². The van der Waals surface area contributed by atoms with E-state index in [1.807, 2.05) is 7.05 Å². The summed E-state index contributed by atoms with van der Waals surface area (Å²) in [5.74, 6) is 0.920. The molecule has 0 saturated heterocycles. The molecule has 0 aromatic carbocycles. The molecule has 1 saturated carbocycles. The van der Waals surface area contributed by atoms with Crippen molar-refractivity contribution < 1.29 is 4.79 Å². The Morgan fingerprint density at radius 1 is 1.31 bits per heavy atom. The van der Waals surface area contributed by atoms with E-state index in [2.05, 4.69) is 17.6 Å². The number of rotatable bonds is 6. The van der Waals surface area contributed by atoms with Crippen molar-refractivity contribution >= 4 is 5.91 Å². The van der Waals surface area contributed by atoms with Crippen molar-refractivity contribution in [1.29, 1.82) is 0 Å². The SMILES string of the molecule is CCC(NC(=O)CCNC)C1CCCCC1. The Morgan fingerprint density at radius 2 is 2.00 bits per heavy atom. The highest BCUT2D eigenvalue weighted by Crippen LogP contribution is 2.27. The van der Waals surface area contributed by atoms with Crippen LogP contribution in [-0.2, 0) is 4.79 Å². The van der Waals surface area contributed by atoms with Gasteiger partial charge in [-0.3, -0.25) is 4.79 Å². The third kappa shape index (κ3) is 4.52. The molecule has 0 heterocycles. The molecule has 1 atom stereocenters. The fourth-order valence-corrected chi connectivity index (χ4v) is 2.61. The highest BCUT2D eigenvalue weighted by molar-refractivity contribution is 5.76. The molecule has 0 radical (unpaired) electrons. The fourth-order valence-electron chi connectivity index (χ4n) is 2.61. The third-order valence-corrected chi connectivity index (χ3v) is 3.61. The van der Waals surface area contributed by atoms with Crippen LogP contribution < -0.4 is 10.6 Å². The lowest BCUT2D eigenvalue weighted by molar-refractivity contribution is -0.122. The largest absolute Gasteiger partial charge is 0.353 e. The zero-order valence-electron chi connectivity index (χ0n) is 10.7. The monoisotopic (exact) mass is 226 g/mol. The smallest absolute Gasteiger partial charge is 0.221 e. The van der Waals surface area contributed by atoms with Gasteiger partial charge in [0.15, 0.2) is 0 Å². The zero-order valence-corrected chi connectivity index (χ0v) is 10.7. The molecule has 3 heteroatoms. The van der Waals surface area contributed by atoms with E-state index in [1.54, 1.807) is 0 Å². The van der Waals surface area contributed by atoms with Crippen LogP contribution in [-0.4, -0.2) is 25.5 Å². The number of hydrogen-bond donors (Lipinski definition) is 2. The molecule has 94 valence electrons. The van der Waals surface area contributed by atoms with Gasteiger partial charge in [0.2, 0.25) is 5.91 Å². The quantitative estimate of drug-likeness (QED) is 0.728. The molecule has 1 unspecified atom stereocenters. The summed E-state index contributed by atoms with van der Waals surface area (Å²) in [5.41, 5.74) is 0. The van der Waals surface area contributed by atoms with Crippen molar-refractivity contribution in [3.8, 4) is 0 Å². The summed E-state index contributed by atoms with van der Waals surface area (Å²) in [6.07, 6.45) is 8.31. The van der Waals surface area contributed by atoms with Gasteiger partial charge in [-0.1, -0.05) is 26.2 Å². The predicted molar refractivity (Wildman–Crippen MR) is 67.3 cm³/mol. The highest BCUT2D eigenvalue weighted by Gasteiger charge is 2.23. The van der Waals surface area contributed by atoms with Gasteiger partial charge in [-0.15, -0.1) is 0 Å². The lowest BCUT2D eigenvalue weighted by Crippen LogP contribution is -2.41. The highest BCUT2D eigenvalue weighted by atomic mass is 16.1. The minimum atomic E-state index is 0.201. The van der Waals surface area contributed by atoms with Crippen LogP contribution in [0.25, 0.3) is 0 Å². The summed E-state index contributed by atoms with van der Waals surface area (Å²) in [5, 5.41) is 6.20. The summed E-state index contributed by atoms with van der Waals surface area (Å²) >= 11 is 0. The van der Waals surface area contributed by atoms with E-state index < -0.39 is 0 Å². The molecule has 3 nitrogen and oxygen atoms in total. The summed E-state index contributed by atoms with van der Waals surface area (Å²) in [6.45, 7) is 2.95. The van der Waals surface area contributed by atoms with Crippen molar-refractivity contribution in [2.75, 3.05) is 13.6 Å². The maximum atomic E-state index is 11.7. The van der Waals surface area contributed by atoms with E-state index >= 15 is 0 Å². The molecule has 1 fully saturated rings. The molecular formula is C13H26N2O. The van der Waals surface area contributed by atoms with Crippen LogP contribution in [0.1, 0.15) is 51.9 Å². The number of carbonyl (C=O) groups excluding carboxylic acids is 1. The summed E-state index contributed by atoms with van der Waals surface area (Å²) < 4.78 is 0. The van der Waals surface area contributed by atoms with Crippen LogP contribution in [0.15, 0.2) is 0 Å². The second kappa shape index (κ2) is 7.66. The fraction of sp³-hybridized carbons (Fsp3) is 0.923. The molecule has 2 N–H and O–H groups in total. The normalized spacial score (nSPS) is 19.4. The Labute approximate surface area is 99.4 Å². The number of nitrogens with one attached hydrogen (secondary N) is 2. The minimum absolute atomic E-state index is 0.201. The Bertz CT molecular complexity index is 200. The van der Waals surface area contributed by atoms with Gasteiger partial charge in [-0.25, -0.2) is 0 Å². The van der Waals surface area contributed by atoms with Gasteiger partial charge < -0.3 is 10.6 Å². The summed E-state index contributed by atoms with van der Waals surface area (Å²) in [4.78, 5) is 11.7. The molecule has 1 aliphatic rings. The van der Waals surface area contributed by atoms with Gasteiger partial charge in [0.1, 0.15) is 0 Å². The van der Waals surface area contributed by atoms with Crippen molar-refractivity contribution in [2.45, 2.75) is 57.9 Å². The van der Waals surface area contributed by atoms with Gasteiger partial charge in [0.05, 0.1) is 0 Å². The van der Waals surface area contributed by atoms with Gasteiger partial charge in [0.25, 0.3) is 0 Å². The maximum absolute atomic E-state index is 11.7. The molecule has 0 bridgehead atoms. The number of amides is 1. The molecule has 1 amide bonds. The van der Waals surface area contributed by atoms with Crippen molar-refractivity contribution in [3.05, 3.63) is 0 Å². The van der Waals surface area contributed by atoms with E-state index in [0.29, 0.717) is 12.5 Å². The first-order valence-corrected chi connectivity index (χ1v) is 6.72. The summed E-state index contributed by atoms with van der Waals surface area (Å²) in [7, 11) is 1.88. The molecule has 1 rings (SSSR count). The molecular weight excluding hydrogens is 200 g/mol. The van der Waals surface area contributed by atoms with Crippen LogP contribution in [0.3, 0.4) is 0 Å². The topological polar surface area (TPSA) is 41.1 Å². The maximum Gasteiger partial charge on any atom is 0.221 e. The third-order valence-electron chi connectivity index (χ3n) is 3.61. The van der Waals surface area contributed by atoms with Gasteiger partial charge >= 0.3 is 0 Å². The molecule has 0 aliphatic heterocycles. The van der Waals surface area contributed by atoms with Crippen molar-refractivity contribution in [1.82, 2.24) is 10.6 Å². The van der Waals surface area contributed by atoms with Crippen LogP contribution >= 0.6 is 0 Å². The molecule has 1 aliphatic carbocycles. The first-order chi connectivity index (χ1) is 7.77. The Hall–Kier alpha value is -0.570. The average molecular weight is 226 g/mol. The van der Waals surface area contributed by atoms with Crippen LogP contribution in [0.5, 0.6) is 0 Å². The zero-order chi connectivity index (χ0) is 11.8. The van der Waals surface area contributed by atoms with Crippen LogP contribution in [0.4, 0.5) is 0 Å². The Kier molecular flexibility index (Phi) is 6.46. The van der Waals surface area contributed by atoms with E-state index in [9.17, 15) is 4.79 Å². The molecule has 16 heavy (non-hydrogen) atoms. The van der Waals surface area contributed by atoms with E-state index in [1.165, 1.54) is 32.1 Å². The van der Waals surface area contributed by atoms with E-state index in [4.69, 9.17) is 0 Å². The minimum Gasteiger partial charge on any atom is -0.353 e.